The Balaban J connectivity index is 2.47. The molecule has 0 radical (unpaired) electrons. The Bertz CT molecular complexity index is 656. The van der Waals surface area contributed by atoms with Gasteiger partial charge in [-0.2, -0.15) is 0 Å². The van der Waals surface area contributed by atoms with Gasteiger partial charge >= 0.3 is 5.97 Å². The molecule has 0 aliphatic carbocycles. The van der Waals surface area contributed by atoms with Gasteiger partial charge in [-0.15, -0.1) is 0 Å². The lowest BCUT2D eigenvalue weighted by Crippen LogP contribution is -2.03. The molecule has 0 unspecified atom stereocenters. The van der Waals surface area contributed by atoms with Crippen LogP contribution >= 0.6 is 46.0 Å². The molecule has 1 aromatic carbocycles. The number of benzene rings is 1. The maximum atomic E-state index is 10.7. The van der Waals surface area contributed by atoms with E-state index in [-0.39, 0.29) is 5.75 Å². The molecule has 4 nitrogen and oxygen atoms in total. The minimum absolute atomic E-state index is 0.0326. The second-order valence-electron chi connectivity index (χ2n) is 3.81. The van der Waals surface area contributed by atoms with Crippen LogP contribution in [-0.2, 0) is 11.3 Å². The number of thioether (sulfide) groups is 1. The second kappa shape index (κ2) is 6.15. The van der Waals surface area contributed by atoms with Gasteiger partial charge < -0.3 is 9.67 Å². The molecule has 19 heavy (non-hydrogen) atoms. The number of aliphatic carboxylic acids is 1. The van der Waals surface area contributed by atoms with E-state index in [1.807, 2.05) is 22.8 Å². The fraction of sp³-hybridized carbons (Fsp3) is 0.167. The first-order valence-electron chi connectivity index (χ1n) is 5.31. The van der Waals surface area contributed by atoms with Gasteiger partial charge in [-0.1, -0.05) is 29.9 Å². The highest BCUT2D eigenvalue weighted by Gasteiger charge is 2.13. The van der Waals surface area contributed by atoms with Crippen LogP contribution in [0.1, 0.15) is 0 Å². The van der Waals surface area contributed by atoms with E-state index in [9.17, 15) is 4.79 Å². The summed E-state index contributed by atoms with van der Waals surface area (Å²) in [5, 5.41) is 9.89. The number of hydrogen-bond donors (Lipinski definition) is 1. The molecule has 0 amide bonds. The molecule has 1 aromatic heterocycles. The zero-order chi connectivity index (χ0) is 14.0. The maximum Gasteiger partial charge on any atom is 0.313 e. The minimum atomic E-state index is -0.872. The monoisotopic (exact) mass is 408 g/mol. The summed E-state index contributed by atoms with van der Waals surface area (Å²) in [5.74, 6) is -0.905. The molecule has 7 heteroatoms. The summed E-state index contributed by atoms with van der Waals surface area (Å²) in [5.41, 5.74) is 1.76. The van der Waals surface area contributed by atoms with Crippen molar-refractivity contribution in [2.45, 2.75) is 11.7 Å². The number of nitrogens with zero attached hydrogens (tertiary/aromatic N) is 2. The third-order valence-electron chi connectivity index (χ3n) is 2.33. The Labute approximate surface area is 133 Å². The van der Waals surface area contributed by atoms with Gasteiger partial charge in [-0.05, 0) is 40.8 Å². The van der Waals surface area contributed by atoms with Crippen LogP contribution in [0.5, 0.6) is 0 Å². The summed E-state index contributed by atoms with van der Waals surface area (Å²) < 4.78 is 2.96. The normalized spacial score (nSPS) is 10.8. The average Bonchev–Trinajstić information content (AvgIpc) is 2.63. The van der Waals surface area contributed by atoms with Crippen molar-refractivity contribution in [1.29, 1.82) is 0 Å². The van der Waals surface area contributed by atoms with Crippen LogP contribution in [-0.4, -0.2) is 26.4 Å². The zero-order valence-corrected chi connectivity index (χ0v) is 13.5. The fourth-order valence-corrected chi connectivity index (χ4v) is 2.97. The van der Waals surface area contributed by atoms with Gasteiger partial charge in [0.2, 0.25) is 0 Å². The predicted octanol–water partition coefficient (Wildman–Crippen LogP) is 3.57. The lowest BCUT2D eigenvalue weighted by atomic mass is 10.3. The summed E-state index contributed by atoms with van der Waals surface area (Å²) in [6, 6.07) is 5.88. The van der Waals surface area contributed by atoms with Gasteiger partial charge in [0.15, 0.2) is 5.16 Å². The number of imidazole rings is 1. The molecule has 2 aromatic rings. The van der Waals surface area contributed by atoms with Gasteiger partial charge in [0.25, 0.3) is 0 Å². The number of rotatable bonds is 5. The maximum absolute atomic E-state index is 10.7. The van der Waals surface area contributed by atoms with Gasteiger partial charge in [0, 0.05) is 8.60 Å². The molecule has 2 rings (SSSR count). The quantitative estimate of drug-likeness (QED) is 0.607. The first-order valence-corrected chi connectivity index (χ1v) is 7.75. The van der Waals surface area contributed by atoms with Crippen molar-refractivity contribution < 1.29 is 9.90 Å². The summed E-state index contributed by atoms with van der Waals surface area (Å²) >= 11 is 9.26. The third kappa shape index (κ3) is 3.64. The lowest BCUT2D eigenvalue weighted by molar-refractivity contribution is -0.133. The summed E-state index contributed by atoms with van der Waals surface area (Å²) in [6.45, 7) is 4.10. The van der Waals surface area contributed by atoms with Crippen molar-refractivity contribution in [2.75, 3.05) is 5.75 Å². The molecule has 0 saturated heterocycles. The van der Waals surface area contributed by atoms with Crippen molar-refractivity contribution in [3.05, 3.63) is 33.4 Å². The first kappa shape index (κ1) is 14.7. The Kier molecular flexibility index (Phi) is 4.75. The Hall–Kier alpha value is -0.730. The van der Waals surface area contributed by atoms with Crippen LogP contribution < -0.4 is 0 Å². The minimum Gasteiger partial charge on any atom is -0.481 e. The molecule has 0 aliphatic rings. The Morgan fingerprint density at radius 2 is 2.32 bits per heavy atom. The average molecular weight is 409 g/mol. The van der Waals surface area contributed by atoms with Crippen LogP contribution in [0.25, 0.3) is 11.0 Å². The molecule has 0 saturated carbocycles. The third-order valence-corrected chi connectivity index (χ3v) is 4.08. The highest BCUT2D eigenvalue weighted by molar-refractivity contribution is 14.1. The van der Waals surface area contributed by atoms with Crippen LogP contribution in [0.2, 0.25) is 0 Å². The highest BCUT2D eigenvalue weighted by Crippen LogP contribution is 2.26. The van der Waals surface area contributed by atoms with E-state index >= 15 is 0 Å². The molecule has 1 N–H and O–H groups in total. The van der Waals surface area contributed by atoms with E-state index in [4.69, 9.17) is 16.7 Å². The fourth-order valence-electron chi connectivity index (χ4n) is 1.64. The molecular formula is C12H10ClIN2O2S. The summed E-state index contributed by atoms with van der Waals surface area (Å²) in [4.78, 5) is 15.1. The highest BCUT2D eigenvalue weighted by atomic mass is 127. The van der Waals surface area contributed by atoms with E-state index in [1.165, 1.54) is 11.8 Å². The van der Waals surface area contributed by atoms with Crippen molar-refractivity contribution in [3.63, 3.8) is 0 Å². The summed E-state index contributed by atoms with van der Waals surface area (Å²) in [6.07, 6.45) is 0. The number of allylic oxidation sites excluding steroid dienone is 1. The van der Waals surface area contributed by atoms with Gasteiger partial charge in [-0.25, -0.2) is 4.98 Å². The number of carboxylic acids is 1. The molecule has 0 aliphatic heterocycles. The topological polar surface area (TPSA) is 55.1 Å². The smallest absolute Gasteiger partial charge is 0.313 e. The first-order chi connectivity index (χ1) is 8.97. The van der Waals surface area contributed by atoms with Gasteiger partial charge in [0.05, 0.1) is 23.3 Å². The number of fused-ring (bicyclic) bond motifs is 1. The Morgan fingerprint density at radius 3 is 2.95 bits per heavy atom. The van der Waals surface area contributed by atoms with E-state index in [1.54, 1.807) is 0 Å². The largest absolute Gasteiger partial charge is 0.481 e. The molecule has 100 valence electrons. The van der Waals surface area contributed by atoms with Crippen LogP contribution in [0.3, 0.4) is 0 Å². The van der Waals surface area contributed by atoms with Crippen LogP contribution in [0.15, 0.2) is 35.0 Å². The number of halogens is 2. The second-order valence-corrected chi connectivity index (χ2v) is 6.54. The van der Waals surface area contributed by atoms with Gasteiger partial charge in [0.1, 0.15) is 0 Å². The number of hydrogen-bond acceptors (Lipinski definition) is 3. The van der Waals surface area contributed by atoms with Crippen molar-refractivity contribution in [2.24, 2.45) is 0 Å². The molecule has 0 fully saturated rings. The Morgan fingerprint density at radius 1 is 1.58 bits per heavy atom. The standard InChI is InChI=1S/C12H10ClIN2O2S/c1-7(13)5-16-10-3-2-8(14)4-9(10)15-12(16)19-6-11(17)18/h2-4H,1,5-6H2,(H,17,18). The van der Waals surface area contributed by atoms with Crippen molar-refractivity contribution in [1.82, 2.24) is 9.55 Å². The molecule has 0 spiro atoms. The lowest BCUT2D eigenvalue weighted by Gasteiger charge is -2.06. The number of carbonyl (C=O) groups is 1. The predicted molar refractivity (Wildman–Crippen MR) is 85.8 cm³/mol. The molecule has 0 bridgehead atoms. The van der Waals surface area contributed by atoms with Crippen LogP contribution in [0, 0.1) is 3.57 Å². The van der Waals surface area contributed by atoms with E-state index < -0.39 is 5.97 Å². The number of aromatic nitrogens is 2. The molecule has 0 atom stereocenters. The van der Waals surface area contributed by atoms with E-state index in [0.717, 1.165) is 14.6 Å². The molecular weight excluding hydrogens is 399 g/mol. The zero-order valence-electron chi connectivity index (χ0n) is 9.77. The van der Waals surface area contributed by atoms with E-state index in [0.29, 0.717) is 16.7 Å². The van der Waals surface area contributed by atoms with Crippen molar-refractivity contribution >= 4 is 63.0 Å². The SMILES string of the molecule is C=C(Cl)Cn1c(SCC(=O)O)nc2cc(I)ccc21. The van der Waals surface area contributed by atoms with Crippen LogP contribution in [0.4, 0.5) is 0 Å². The van der Waals surface area contributed by atoms with Gasteiger partial charge in [-0.3, -0.25) is 4.79 Å². The van der Waals surface area contributed by atoms with Crippen molar-refractivity contribution in [3.8, 4) is 0 Å². The van der Waals surface area contributed by atoms with E-state index in [2.05, 4.69) is 34.2 Å². The summed E-state index contributed by atoms with van der Waals surface area (Å²) in [7, 11) is 0. The number of carboxylic acid groups (broad SMARTS) is 1. The molecule has 1 heterocycles.